The third-order valence-corrected chi connectivity index (χ3v) is 6.44. The van der Waals surface area contributed by atoms with Gasteiger partial charge in [0, 0.05) is 38.6 Å². The van der Waals surface area contributed by atoms with Crippen molar-refractivity contribution in [2.24, 2.45) is 0 Å². The number of hydrogen-bond donors (Lipinski definition) is 2. The fraction of sp³-hybridized carbons (Fsp3) is 0.619. The molecule has 0 spiro atoms. The normalized spacial score (nSPS) is 19.9. The summed E-state index contributed by atoms with van der Waals surface area (Å²) in [6.07, 6.45) is 6.18. The number of nitrogens with one attached hydrogen (secondary N) is 2. The maximum absolute atomic E-state index is 12.1. The maximum Gasteiger partial charge on any atom is 0.229 e. The molecule has 4 heterocycles. The molecule has 2 fully saturated rings. The molecule has 174 valence electrons. The molecule has 4 rings (SSSR count). The molecule has 2 aliphatic heterocycles. The molecule has 2 aromatic heterocycles. The van der Waals surface area contributed by atoms with E-state index in [1.807, 2.05) is 22.7 Å². The van der Waals surface area contributed by atoms with Gasteiger partial charge in [0.15, 0.2) is 0 Å². The van der Waals surface area contributed by atoms with Crippen LogP contribution in [-0.2, 0) is 9.53 Å². The number of anilines is 3. The molecule has 2 N–H and O–H groups in total. The summed E-state index contributed by atoms with van der Waals surface area (Å²) in [5.41, 5.74) is 1.83. The molecule has 0 radical (unpaired) electrons. The number of carbonyl (C=O) groups is 1. The van der Waals surface area contributed by atoms with Gasteiger partial charge in [-0.15, -0.1) is 0 Å². The third kappa shape index (κ3) is 5.76. The summed E-state index contributed by atoms with van der Waals surface area (Å²) >= 11 is 3.52. The first-order valence-electron chi connectivity index (χ1n) is 11.1. The van der Waals surface area contributed by atoms with Gasteiger partial charge in [0.1, 0.15) is 5.82 Å². The molecule has 1 atom stereocenters. The van der Waals surface area contributed by atoms with Crippen molar-refractivity contribution in [3.63, 3.8) is 0 Å². The average molecular weight is 507 g/mol. The lowest BCUT2D eigenvalue weighted by atomic mass is 10.3. The summed E-state index contributed by atoms with van der Waals surface area (Å²) in [6.45, 7) is 7.30. The Morgan fingerprint density at radius 1 is 1.31 bits per heavy atom. The molecule has 11 heteroatoms. The Morgan fingerprint density at radius 3 is 3.00 bits per heavy atom. The molecule has 1 amide bonds. The van der Waals surface area contributed by atoms with Crippen molar-refractivity contribution in [1.29, 1.82) is 0 Å². The minimum atomic E-state index is 0.164. The number of likely N-dealkylation sites (tertiary alicyclic amines) is 1. The number of ether oxygens (including phenoxy) is 1. The number of aromatic nitrogens is 4. The van der Waals surface area contributed by atoms with E-state index in [9.17, 15) is 4.79 Å². The smallest absolute Gasteiger partial charge is 0.229 e. The van der Waals surface area contributed by atoms with Crippen LogP contribution in [0.2, 0.25) is 0 Å². The van der Waals surface area contributed by atoms with Crippen molar-refractivity contribution in [3.05, 3.63) is 22.6 Å². The van der Waals surface area contributed by atoms with Gasteiger partial charge in [0.05, 0.1) is 41.5 Å². The fourth-order valence-electron chi connectivity index (χ4n) is 4.02. The lowest BCUT2D eigenvalue weighted by molar-refractivity contribution is -0.130. The number of aryl methyl sites for hydroxylation is 1. The number of carbonyl (C=O) groups excluding carboxylic acids is 1. The molecule has 10 nitrogen and oxygen atoms in total. The molecule has 1 unspecified atom stereocenters. The van der Waals surface area contributed by atoms with E-state index in [1.54, 1.807) is 6.20 Å². The molecule has 2 aromatic rings. The van der Waals surface area contributed by atoms with Crippen LogP contribution in [0.5, 0.6) is 0 Å². The Bertz CT molecular complexity index is 937. The van der Waals surface area contributed by atoms with E-state index in [-0.39, 0.29) is 5.91 Å². The number of hydrogen-bond acceptors (Lipinski definition) is 8. The number of rotatable bonds is 8. The Hall–Kier alpha value is -2.24. The fourth-order valence-corrected chi connectivity index (χ4v) is 4.35. The first-order chi connectivity index (χ1) is 15.5. The minimum Gasteiger partial charge on any atom is -0.379 e. The summed E-state index contributed by atoms with van der Waals surface area (Å²) in [5.74, 6) is 1.40. The van der Waals surface area contributed by atoms with Crippen LogP contribution in [0.4, 0.5) is 17.5 Å². The summed E-state index contributed by atoms with van der Waals surface area (Å²) in [5, 5.41) is 11.3. The van der Waals surface area contributed by atoms with Crippen molar-refractivity contribution in [2.45, 2.75) is 32.2 Å². The molecule has 0 saturated carbocycles. The van der Waals surface area contributed by atoms with Crippen LogP contribution >= 0.6 is 15.9 Å². The largest absolute Gasteiger partial charge is 0.379 e. The van der Waals surface area contributed by atoms with Crippen LogP contribution in [-0.4, -0.2) is 88.4 Å². The quantitative estimate of drug-likeness (QED) is 0.526. The van der Waals surface area contributed by atoms with Crippen molar-refractivity contribution in [2.75, 3.05) is 63.6 Å². The SMILES string of the molecule is Cc1nn(C2CCN(C)C2)cc1Nc1ncc(Br)c(NCCCN2CCOCCC2=O)n1. The van der Waals surface area contributed by atoms with Gasteiger partial charge in [-0.2, -0.15) is 10.1 Å². The summed E-state index contributed by atoms with van der Waals surface area (Å²) in [4.78, 5) is 25.3. The van der Waals surface area contributed by atoms with Gasteiger partial charge in [-0.3, -0.25) is 9.48 Å². The van der Waals surface area contributed by atoms with Crippen molar-refractivity contribution in [1.82, 2.24) is 29.5 Å². The summed E-state index contributed by atoms with van der Waals surface area (Å²) < 4.78 is 8.22. The van der Waals surface area contributed by atoms with E-state index in [0.717, 1.165) is 47.6 Å². The van der Waals surface area contributed by atoms with Crippen LogP contribution < -0.4 is 10.6 Å². The second-order valence-corrected chi connectivity index (χ2v) is 9.21. The number of likely N-dealkylation sites (N-methyl/N-ethyl adjacent to an activating group) is 1. The number of nitrogens with zero attached hydrogens (tertiary/aromatic N) is 6. The zero-order chi connectivity index (χ0) is 22.5. The molecule has 0 aliphatic carbocycles. The Morgan fingerprint density at radius 2 is 2.19 bits per heavy atom. The van der Waals surface area contributed by atoms with E-state index in [0.29, 0.717) is 51.3 Å². The first kappa shape index (κ1) is 22.9. The van der Waals surface area contributed by atoms with E-state index >= 15 is 0 Å². The molecule has 32 heavy (non-hydrogen) atoms. The summed E-state index contributed by atoms with van der Waals surface area (Å²) in [6, 6.07) is 0.403. The Kier molecular flexibility index (Phi) is 7.59. The van der Waals surface area contributed by atoms with Crippen LogP contribution in [0.1, 0.15) is 31.0 Å². The predicted octanol–water partition coefficient (Wildman–Crippen LogP) is 2.42. The zero-order valence-electron chi connectivity index (χ0n) is 18.7. The highest BCUT2D eigenvalue weighted by atomic mass is 79.9. The van der Waals surface area contributed by atoms with E-state index in [1.165, 1.54) is 0 Å². The topological polar surface area (TPSA) is 100 Å². The standard InChI is InChI=1S/C21H31BrN8O2/c1-15-18(14-30(27-15)16-4-8-28(2)13-16)25-21-24-12-17(22)20(26-21)23-6-3-7-29-9-11-32-10-5-19(29)31/h12,14,16H,3-11,13H2,1-2H3,(H2,23,24,25,26). The highest BCUT2D eigenvalue weighted by Crippen LogP contribution is 2.26. The van der Waals surface area contributed by atoms with Gasteiger partial charge in [-0.25, -0.2) is 4.98 Å². The second-order valence-electron chi connectivity index (χ2n) is 8.35. The number of halogens is 1. The molecule has 0 bridgehead atoms. The molecule has 2 aliphatic rings. The lowest BCUT2D eigenvalue weighted by Gasteiger charge is -2.19. The molecular formula is C21H31BrN8O2. The van der Waals surface area contributed by atoms with E-state index in [2.05, 4.69) is 53.6 Å². The van der Waals surface area contributed by atoms with Crippen LogP contribution in [0.25, 0.3) is 0 Å². The molecular weight excluding hydrogens is 476 g/mol. The van der Waals surface area contributed by atoms with Crippen molar-refractivity contribution < 1.29 is 9.53 Å². The average Bonchev–Trinajstić information content (AvgIpc) is 3.30. The predicted molar refractivity (Wildman–Crippen MR) is 126 cm³/mol. The number of amides is 1. The maximum atomic E-state index is 12.1. The Labute approximate surface area is 196 Å². The van der Waals surface area contributed by atoms with Crippen molar-refractivity contribution >= 4 is 39.3 Å². The van der Waals surface area contributed by atoms with Crippen LogP contribution in [0.15, 0.2) is 16.9 Å². The van der Waals surface area contributed by atoms with Gasteiger partial charge >= 0.3 is 0 Å². The molecule has 2 saturated heterocycles. The van der Waals surface area contributed by atoms with Crippen LogP contribution in [0.3, 0.4) is 0 Å². The second kappa shape index (κ2) is 10.6. The monoisotopic (exact) mass is 506 g/mol. The minimum absolute atomic E-state index is 0.164. The van der Waals surface area contributed by atoms with Gasteiger partial charge in [-0.05, 0) is 49.3 Å². The third-order valence-electron chi connectivity index (χ3n) is 5.86. The zero-order valence-corrected chi connectivity index (χ0v) is 20.3. The Balaban J connectivity index is 1.32. The lowest BCUT2D eigenvalue weighted by Crippen LogP contribution is -2.33. The molecule has 0 aromatic carbocycles. The summed E-state index contributed by atoms with van der Waals surface area (Å²) in [7, 11) is 2.14. The highest BCUT2D eigenvalue weighted by molar-refractivity contribution is 9.10. The van der Waals surface area contributed by atoms with Crippen molar-refractivity contribution in [3.8, 4) is 0 Å². The van der Waals surface area contributed by atoms with Gasteiger partial charge in [0.25, 0.3) is 0 Å². The van der Waals surface area contributed by atoms with E-state index in [4.69, 9.17) is 4.74 Å². The van der Waals surface area contributed by atoms with Gasteiger partial charge < -0.3 is 25.2 Å². The first-order valence-corrected chi connectivity index (χ1v) is 11.9. The van der Waals surface area contributed by atoms with Gasteiger partial charge in [-0.1, -0.05) is 0 Å². The highest BCUT2D eigenvalue weighted by Gasteiger charge is 2.23. The van der Waals surface area contributed by atoms with Gasteiger partial charge in [0.2, 0.25) is 11.9 Å². The van der Waals surface area contributed by atoms with E-state index < -0.39 is 0 Å². The van der Waals surface area contributed by atoms with Crippen LogP contribution in [0, 0.1) is 6.92 Å².